The van der Waals surface area contributed by atoms with Crippen molar-refractivity contribution in [3.8, 4) is 0 Å². The standard InChI is InChI=1S/C15H24N4O/c1-10-6-7-19(17-10)11(2)15(20)16-12-8-13-4-5-14(9-12)18(13)3/h6-7,11-14H,4-5,8-9H2,1-3H3,(H,16,20). The van der Waals surface area contributed by atoms with Crippen molar-refractivity contribution in [2.24, 2.45) is 0 Å². The van der Waals surface area contributed by atoms with Crippen molar-refractivity contribution in [2.75, 3.05) is 7.05 Å². The van der Waals surface area contributed by atoms with E-state index in [9.17, 15) is 4.79 Å². The Labute approximate surface area is 120 Å². The van der Waals surface area contributed by atoms with Gasteiger partial charge in [0.25, 0.3) is 0 Å². The first-order valence-corrected chi connectivity index (χ1v) is 7.58. The van der Waals surface area contributed by atoms with Gasteiger partial charge in [0.05, 0.1) is 5.69 Å². The van der Waals surface area contributed by atoms with Crippen molar-refractivity contribution in [3.05, 3.63) is 18.0 Å². The van der Waals surface area contributed by atoms with E-state index in [2.05, 4.69) is 22.4 Å². The number of amides is 1. The van der Waals surface area contributed by atoms with Gasteiger partial charge in [0.1, 0.15) is 6.04 Å². The maximum absolute atomic E-state index is 12.4. The number of piperidine rings is 1. The second-order valence-electron chi connectivity index (χ2n) is 6.34. The van der Waals surface area contributed by atoms with Crippen LogP contribution in [0.5, 0.6) is 0 Å². The number of fused-ring (bicyclic) bond motifs is 2. The molecule has 5 nitrogen and oxygen atoms in total. The third-order valence-electron chi connectivity index (χ3n) is 4.96. The smallest absolute Gasteiger partial charge is 0.244 e. The number of carbonyl (C=O) groups is 1. The summed E-state index contributed by atoms with van der Waals surface area (Å²) in [6.45, 7) is 3.85. The molecule has 3 rings (SSSR count). The van der Waals surface area contributed by atoms with Crippen molar-refractivity contribution in [1.82, 2.24) is 20.0 Å². The molecule has 0 aliphatic carbocycles. The third-order valence-corrected chi connectivity index (χ3v) is 4.96. The summed E-state index contributed by atoms with van der Waals surface area (Å²) in [6, 6.07) is 3.33. The Balaban J connectivity index is 1.59. The zero-order valence-electron chi connectivity index (χ0n) is 12.5. The summed E-state index contributed by atoms with van der Waals surface area (Å²) in [6.07, 6.45) is 6.61. The molecule has 2 aliphatic rings. The minimum absolute atomic E-state index is 0.0852. The first-order chi connectivity index (χ1) is 9.54. The maximum atomic E-state index is 12.4. The van der Waals surface area contributed by atoms with Crippen molar-refractivity contribution >= 4 is 5.91 Å². The molecule has 2 fully saturated rings. The van der Waals surface area contributed by atoms with Gasteiger partial charge in [-0.25, -0.2) is 0 Å². The fourth-order valence-electron chi connectivity index (χ4n) is 3.62. The topological polar surface area (TPSA) is 50.2 Å². The minimum Gasteiger partial charge on any atom is -0.351 e. The SMILES string of the molecule is Cc1ccn(C(C)C(=O)NC2CC3CCC(C2)N3C)n1. The number of aryl methyl sites for hydroxylation is 1. The molecule has 0 radical (unpaired) electrons. The molecule has 3 atom stereocenters. The van der Waals surface area contributed by atoms with Gasteiger partial charge in [0, 0.05) is 24.3 Å². The normalized spacial score (nSPS) is 31.2. The van der Waals surface area contributed by atoms with E-state index in [0.29, 0.717) is 18.1 Å². The zero-order chi connectivity index (χ0) is 14.3. The van der Waals surface area contributed by atoms with Crippen LogP contribution >= 0.6 is 0 Å². The molecular formula is C15H24N4O. The number of nitrogens with zero attached hydrogens (tertiary/aromatic N) is 3. The number of hydrogen-bond donors (Lipinski definition) is 1. The fraction of sp³-hybridized carbons (Fsp3) is 0.733. The highest BCUT2D eigenvalue weighted by Crippen LogP contribution is 2.34. The highest BCUT2D eigenvalue weighted by atomic mass is 16.2. The number of nitrogens with one attached hydrogen (secondary N) is 1. The van der Waals surface area contributed by atoms with Crippen LogP contribution in [0.2, 0.25) is 0 Å². The highest BCUT2D eigenvalue weighted by molar-refractivity contribution is 5.80. The van der Waals surface area contributed by atoms with Gasteiger partial charge in [-0.3, -0.25) is 9.48 Å². The lowest BCUT2D eigenvalue weighted by Gasteiger charge is -2.36. The van der Waals surface area contributed by atoms with Crippen molar-refractivity contribution < 1.29 is 4.79 Å². The minimum atomic E-state index is -0.235. The molecule has 2 saturated heterocycles. The Bertz CT molecular complexity index is 484. The lowest BCUT2D eigenvalue weighted by Crippen LogP contribution is -2.49. The molecule has 0 spiro atoms. The summed E-state index contributed by atoms with van der Waals surface area (Å²) in [5.74, 6) is 0.0852. The predicted molar refractivity (Wildman–Crippen MR) is 77.4 cm³/mol. The lowest BCUT2D eigenvalue weighted by molar-refractivity contribution is -0.125. The Morgan fingerprint density at radius 3 is 2.60 bits per heavy atom. The Hall–Kier alpha value is -1.36. The van der Waals surface area contributed by atoms with E-state index in [1.54, 1.807) is 4.68 Å². The number of rotatable bonds is 3. The van der Waals surface area contributed by atoms with Crippen molar-refractivity contribution in [3.63, 3.8) is 0 Å². The zero-order valence-corrected chi connectivity index (χ0v) is 12.5. The summed E-state index contributed by atoms with van der Waals surface area (Å²) >= 11 is 0. The molecule has 1 aromatic rings. The average Bonchev–Trinajstić information content (AvgIpc) is 2.91. The van der Waals surface area contributed by atoms with Gasteiger partial charge in [-0.15, -0.1) is 0 Å². The Morgan fingerprint density at radius 1 is 1.40 bits per heavy atom. The first kappa shape index (κ1) is 13.6. The molecular weight excluding hydrogens is 252 g/mol. The van der Waals surface area contributed by atoms with Crippen LogP contribution in [-0.2, 0) is 4.79 Å². The second kappa shape index (κ2) is 5.20. The largest absolute Gasteiger partial charge is 0.351 e. The molecule has 1 amide bonds. The van der Waals surface area contributed by atoms with Crippen LogP contribution in [0.4, 0.5) is 0 Å². The lowest BCUT2D eigenvalue weighted by atomic mass is 9.98. The van der Waals surface area contributed by atoms with E-state index in [-0.39, 0.29) is 11.9 Å². The summed E-state index contributed by atoms with van der Waals surface area (Å²) in [5, 5.41) is 7.55. The summed E-state index contributed by atoms with van der Waals surface area (Å²) in [4.78, 5) is 14.8. The van der Waals surface area contributed by atoms with E-state index < -0.39 is 0 Å². The summed E-state index contributed by atoms with van der Waals surface area (Å²) < 4.78 is 1.74. The molecule has 3 unspecified atom stereocenters. The van der Waals surface area contributed by atoms with Crippen molar-refractivity contribution in [1.29, 1.82) is 0 Å². The second-order valence-corrected chi connectivity index (χ2v) is 6.34. The van der Waals surface area contributed by atoms with Crippen LogP contribution < -0.4 is 5.32 Å². The van der Waals surface area contributed by atoms with Crippen LogP contribution in [0.25, 0.3) is 0 Å². The van der Waals surface area contributed by atoms with E-state index >= 15 is 0 Å². The number of hydrogen-bond acceptors (Lipinski definition) is 3. The molecule has 1 N–H and O–H groups in total. The Kier molecular flexibility index (Phi) is 3.54. The van der Waals surface area contributed by atoms with Crippen LogP contribution in [0.3, 0.4) is 0 Å². The van der Waals surface area contributed by atoms with E-state index in [0.717, 1.165) is 18.5 Å². The van der Waals surface area contributed by atoms with Crippen LogP contribution in [0.1, 0.15) is 44.3 Å². The first-order valence-electron chi connectivity index (χ1n) is 7.58. The van der Waals surface area contributed by atoms with Crippen LogP contribution in [0, 0.1) is 6.92 Å². The van der Waals surface area contributed by atoms with Gasteiger partial charge >= 0.3 is 0 Å². The molecule has 20 heavy (non-hydrogen) atoms. The molecule has 1 aromatic heterocycles. The van der Waals surface area contributed by atoms with Gasteiger partial charge in [-0.1, -0.05) is 0 Å². The third kappa shape index (κ3) is 2.46. The predicted octanol–water partition coefficient (Wildman–Crippen LogP) is 1.49. The molecule has 5 heteroatoms. The van der Waals surface area contributed by atoms with Crippen LogP contribution in [0.15, 0.2) is 12.3 Å². The van der Waals surface area contributed by atoms with Gasteiger partial charge in [-0.2, -0.15) is 5.10 Å². The summed E-state index contributed by atoms with van der Waals surface area (Å²) in [7, 11) is 2.22. The summed E-state index contributed by atoms with van der Waals surface area (Å²) in [5.41, 5.74) is 0.946. The van der Waals surface area contributed by atoms with Crippen molar-refractivity contribution in [2.45, 2.75) is 63.7 Å². The molecule has 2 bridgehead atoms. The van der Waals surface area contributed by atoms with Crippen LogP contribution in [-0.4, -0.2) is 45.8 Å². The molecule has 0 saturated carbocycles. The molecule has 110 valence electrons. The average molecular weight is 276 g/mol. The molecule has 3 heterocycles. The Morgan fingerprint density at radius 2 is 2.05 bits per heavy atom. The fourth-order valence-corrected chi connectivity index (χ4v) is 3.62. The maximum Gasteiger partial charge on any atom is 0.244 e. The number of aromatic nitrogens is 2. The van der Waals surface area contributed by atoms with Gasteiger partial charge in [0.2, 0.25) is 5.91 Å². The van der Waals surface area contributed by atoms with E-state index in [1.807, 2.05) is 26.1 Å². The molecule has 2 aliphatic heterocycles. The highest BCUT2D eigenvalue weighted by Gasteiger charge is 2.39. The molecule has 0 aromatic carbocycles. The van der Waals surface area contributed by atoms with E-state index in [1.165, 1.54) is 12.8 Å². The number of carbonyl (C=O) groups excluding carboxylic acids is 1. The van der Waals surface area contributed by atoms with Gasteiger partial charge in [0.15, 0.2) is 0 Å². The quantitative estimate of drug-likeness (QED) is 0.910. The van der Waals surface area contributed by atoms with Gasteiger partial charge < -0.3 is 10.2 Å². The monoisotopic (exact) mass is 276 g/mol. The van der Waals surface area contributed by atoms with Gasteiger partial charge in [-0.05, 0) is 52.6 Å². The van der Waals surface area contributed by atoms with E-state index in [4.69, 9.17) is 0 Å².